The molecule has 0 amide bonds. The number of carboxylic acid groups (broad SMARTS) is 1. The molecule has 226 valence electrons. The van der Waals surface area contributed by atoms with E-state index in [1.54, 1.807) is 6.92 Å². The van der Waals surface area contributed by atoms with Crippen LogP contribution in [0.3, 0.4) is 0 Å². The highest BCUT2D eigenvalue weighted by Crippen LogP contribution is 2.31. The van der Waals surface area contributed by atoms with Crippen LogP contribution in [0, 0.1) is 5.92 Å². The van der Waals surface area contributed by atoms with Crippen LogP contribution in [-0.2, 0) is 30.2 Å². The summed E-state index contributed by atoms with van der Waals surface area (Å²) in [5, 5.41) is 9.92. The second-order valence-electron chi connectivity index (χ2n) is 9.98. The molecule has 0 spiro atoms. The van der Waals surface area contributed by atoms with Crippen molar-refractivity contribution in [3.63, 3.8) is 0 Å². The molecule has 0 aromatic heterocycles. The molecule has 1 aromatic rings. The lowest BCUT2D eigenvalue weighted by atomic mass is 9.86. The third-order valence-electron chi connectivity index (χ3n) is 5.95. The first kappa shape index (κ1) is 34.5. The number of benzene rings is 1. The van der Waals surface area contributed by atoms with E-state index in [1.165, 1.54) is 25.1 Å². The zero-order chi connectivity index (χ0) is 30.3. The summed E-state index contributed by atoms with van der Waals surface area (Å²) in [7, 11) is 0. The van der Waals surface area contributed by atoms with Crippen LogP contribution in [0.25, 0.3) is 0 Å². The summed E-state index contributed by atoms with van der Waals surface area (Å²) in [5.41, 5.74) is 4.72. The van der Waals surface area contributed by atoms with E-state index < -0.39 is 42.2 Å². The van der Waals surface area contributed by atoms with Crippen LogP contribution >= 0.6 is 0 Å². The van der Waals surface area contributed by atoms with E-state index in [9.17, 15) is 24.3 Å². The Hall–Kier alpha value is -3.54. The molecule has 0 aliphatic carbocycles. The van der Waals surface area contributed by atoms with E-state index in [0.717, 1.165) is 12.8 Å². The minimum absolute atomic E-state index is 0.0703. The van der Waals surface area contributed by atoms with Gasteiger partial charge in [0.2, 0.25) is 0 Å². The van der Waals surface area contributed by atoms with Crippen molar-refractivity contribution in [2.24, 2.45) is 11.7 Å². The molecule has 0 aliphatic heterocycles. The third kappa shape index (κ3) is 12.5. The molecule has 40 heavy (non-hydrogen) atoms. The molecule has 0 radical (unpaired) electrons. The first-order chi connectivity index (χ1) is 18.8. The second-order valence-corrected chi connectivity index (χ2v) is 9.98. The average Bonchev–Trinajstić information content (AvgIpc) is 2.85. The monoisotopic (exact) mass is 569 g/mol. The molecular formula is C28H43NO11. The smallest absolute Gasteiger partial charge is 0.480 e. The van der Waals surface area contributed by atoms with Gasteiger partial charge in [0.25, 0.3) is 0 Å². The zero-order valence-electron chi connectivity index (χ0n) is 24.2. The SMILES string of the molecule is CCCCOC(=O)Oc1ccc(C[C@](N)(C[C@H](C)OC(=O)OC(C)C(C)C)C(=O)O)cc1OC(=O)OCCCC. The highest BCUT2D eigenvalue weighted by molar-refractivity contribution is 5.79. The number of aliphatic carboxylic acids is 1. The predicted octanol–water partition coefficient (Wildman–Crippen LogP) is 5.62. The number of carbonyl (C=O) groups excluding carboxylic acids is 3. The number of hydrogen-bond acceptors (Lipinski definition) is 11. The number of carboxylic acids is 1. The van der Waals surface area contributed by atoms with E-state index in [0.29, 0.717) is 18.4 Å². The van der Waals surface area contributed by atoms with Crippen molar-refractivity contribution in [1.82, 2.24) is 0 Å². The average molecular weight is 570 g/mol. The van der Waals surface area contributed by atoms with Gasteiger partial charge in [-0.1, -0.05) is 46.6 Å². The molecule has 1 unspecified atom stereocenters. The van der Waals surface area contributed by atoms with Crippen molar-refractivity contribution in [2.45, 2.75) is 97.8 Å². The van der Waals surface area contributed by atoms with Crippen molar-refractivity contribution < 1.29 is 52.7 Å². The Kier molecular flexibility index (Phi) is 14.8. The number of ether oxygens (including phenoxy) is 6. The van der Waals surface area contributed by atoms with Gasteiger partial charge in [0.1, 0.15) is 17.7 Å². The molecule has 0 fully saturated rings. The molecule has 12 heteroatoms. The Morgan fingerprint density at radius 2 is 1.40 bits per heavy atom. The number of hydrogen-bond donors (Lipinski definition) is 2. The first-order valence-corrected chi connectivity index (χ1v) is 13.5. The number of nitrogens with two attached hydrogens (primary N) is 1. The molecule has 0 aliphatic rings. The van der Waals surface area contributed by atoms with Gasteiger partial charge in [-0.25, -0.2) is 14.4 Å². The Morgan fingerprint density at radius 1 is 0.850 bits per heavy atom. The van der Waals surface area contributed by atoms with Gasteiger partial charge < -0.3 is 39.3 Å². The summed E-state index contributed by atoms with van der Waals surface area (Å²) in [6.07, 6.45) is -1.83. The minimum atomic E-state index is -1.87. The molecular weight excluding hydrogens is 526 g/mol. The van der Waals surface area contributed by atoms with E-state index in [1.807, 2.05) is 27.7 Å². The fourth-order valence-corrected chi connectivity index (χ4v) is 3.30. The second kappa shape index (κ2) is 17.2. The lowest BCUT2D eigenvalue weighted by Crippen LogP contribution is -2.52. The van der Waals surface area contributed by atoms with Crippen molar-refractivity contribution in [2.75, 3.05) is 13.2 Å². The van der Waals surface area contributed by atoms with Crippen molar-refractivity contribution in [3.05, 3.63) is 23.8 Å². The summed E-state index contributed by atoms with van der Waals surface area (Å²) < 4.78 is 30.9. The summed E-state index contributed by atoms with van der Waals surface area (Å²) >= 11 is 0. The molecule has 0 heterocycles. The van der Waals surface area contributed by atoms with Crippen LogP contribution in [0.15, 0.2) is 18.2 Å². The lowest BCUT2D eigenvalue weighted by Gasteiger charge is -2.28. The highest BCUT2D eigenvalue weighted by atomic mass is 16.7. The molecule has 0 saturated heterocycles. The maximum Gasteiger partial charge on any atom is 0.513 e. The number of rotatable bonds is 16. The standard InChI is InChI=1S/C28H43NO11/c1-7-9-13-35-25(32)39-22-12-11-21(15-23(22)40-26(33)36-14-10-8-2)17-28(29,24(30)31)16-19(5)37-27(34)38-20(6)18(3)4/h11-12,15,18-20H,7-10,13-14,16-17,29H2,1-6H3,(H,30,31)/t19-,20?,28+/m0/s1. The van der Waals surface area contributed by atoms with Gasteiger partial charge in [-0.3, -0.25) is 4.79 Å². The van der Waals surface area contributed by atoms with E-state index >= 15 is 0 Å². The van der Waals surface area contributed by atoms with Gasteiger partial charge in [0.05, 0.1) is 13.2 Å². The van der Waals surface area contributed by atoms with Crippen LogP contribution in [0.4, 0.5) is 14.4 Å². The molecule has 3 atom stereocenters. The number of carbonyl (C=O) groups is 4. The molecule has 12 nitrogen and oxygen atoms in total. The fourth-order valence-electron chi connectivity index (χ4n) is 3.30. The maximum absolute atomic E-state index is 12.2. The summed E-state index contributed by atoms with van der Waals surface area (Å²) in [6, 6.07) is 4.13. The van der Waals surface area contributed by atoms with Gasteiger partial charge >= 0.3 is 24.4 Å². The highest BCUT2D eigenvalue weighted by Gasteiger charge is 2.37. The third-order valence-corrected chi connectivity index (χ3v) is 5.95. The van der Waals surface area contributed by atoms with Crippen molar-refractivity contribution >= 4 is 24.4 Å². The summed E-state index contributed by atoms with van der Waals surface area (Å²) in [5.74, 6) is -1.59. The van der Waals surface area contributed by atoms with Crippen LogP contribution in [0.5, 0.6) is 11.5 Å². The fraction of sp³-hybridized carbons (Fsp3) is 0.643. The largest absolute Gasteiger partial charge is 0.513 e. The Bertz CT molecular complexity index is 981. The molecule has 3 N–H and O–H groups in total. The van der Waals surface area contributed by atoms with Crippen LogP contribution in [0.1, 0.15) is 79.2 Å². The molecule has 1 rings (SSSR count). The predicted molar refractivity (Wildman–Crippen MR) is 144 cm³/mol. The topological polar surface area (TPSA) is 170 Å². The summed E-state index contributed by atoms with van der Waals surface area (Å²) in [4.78, 5) is 48.6. The van der Waals surface area contributed by atoms with Crippen molar-refractivity contribution in [1.29, 1.82) is 0 Å². The quantitative estimate of drug-likeness (QED) is 0.109. The van der Waals surface area contributed by atoms with Gasteiger partial charge in [0, 0.05) is 12.8 Å². The maximum atomic E-state index is 12.2. The zero-order valence-corrected chi connectivity index (χ0v) is 24.2. The molecule has 0 saturated carbocycles. The van der Waals surface area contributed by atoms with Crippen LogP contribution in [0.2, 0.25) is 0 Å². The van der Waals surface area contributed by atoms with Gasteiger partial charge in [-0.05, 0) is 50.3 Å². The van der Waals surface area contributed by atoms with Gasteiger partial charge in [0.15, 0.2) is 11.5 Å². The summed E-state index contributed by atoms with van der Waals surface area (Å²) in [6.45, 7) is 11.1. The van der Waals surface area contributed by atoms with Crippen LogP contribution in [-0.4, -0.2) is 60.5 Å². The normalized spacial score (nSPS) is 13.9. The Morgan fingerprint density at radius 3 is 1.90 bits per heavy atom. The van der Waals surface area contributed by atoms with Gasteiger partial charge in [-0.2, -0.15) is 0 Å². The van der Waals surface area contributed by atoms with E-state index in [-0.39, 0.29) is 43.5 Å². The van der Waals surface area contributed by atoms with Crippen LogP contribution < -0.4 is 15.2 Å². The lowest BCUT2D eigenvalue weighted by molar-refractivity contribution is -0.144. The molecule has 0 bridgehead atoms. The Labute approximate surface area is 235 Å². The van der Waals surface area contributed by atoms with Gasteiger partial charge in [-0.15, -0.1) is 0 Å². The Balaban J connectivity index is 3.10. The minimum Gasteiger partial charge on any atom is -0.480 e. The van der Waals surface area contributed by atoms with E-state index in [4.69, 9.17) is 34.2 Å². The number of unbranched alkanes of at least 4 members (excludes halogenated alkanes) is 2. The first-order valence-electron chi connectivity index (χ1n) is 13.5. The molecule has 1 aromatic carbocycles. The van der Waals surface area contributed by atoms with Crippen molar-refractivity contribution in [3.8, 4) is 11.5 Å². The van der Waals surface area contributed by atoms with E-state index in [2.05, 4.69) is 0 Å².